The maximum atomic E-state index is 10.7. The van der Waals surface area contributed by atoms with Gasteiger partial charge in [-0.2, -0.15) is 0 Å². The van der Waals surface area contributed by atoms with E-state index >= 15 is 0 Å². The van der Waals surface area contributed by atoms with Crippen LogP contribution in [-0.4, -0.2) is 27.1 Å². The SMILES string of the molecule is NC(Cc1ccc(-c2cncnc2)cc1)C(=O)O. The average molecular weight is 243 g/mol. The highest BCUT2D eigenvalue weighted by Crippen LogP contribution is 2.18. The van der Waals surface area contributed by atoms with Crippen molar-refractivity contribution in [2.75, 3.05) is 0 Å². The van der Waals surface area contributed by atoms with Crippen molar-refractivity contribution in [1.29, 1.82) is 0 Å². The molecule has 0 aliphatic carbocycles. The minimum atomic E-state index is -0.990. The van der Waals surface area contributed by atoms with Crippen LogP contribution in [0, 0.1) is 0 Å². The molecule has 5 nitrogen and oxygen atoms in total. The third kappa shape index (κ3) is 2.89. The Balaban J connectivity index is 2.13. The Bertz CT molecular complexity index is 526. The second-order valence-corrected chi connectivity index (χ2v) is 3.97. The van der Waals surface area contributed by atoms with E-state index in [0.29, 0.717) is 6.42 Å². The van der Waals surface area contributed by atoms with Crippen molar-refractivity contribution >= 4 is 5.97 Å². The van der Waals surface area contributed by atoms with Crippen molar-refractivity contribution in [2.24, 2.45) is 5.73 Å². The number of carboxylic acids is 1. The number of hydrogen-bond acceptors (Lipinski definition) is 4. The first-order chi connectivity index (χ1) is 8.66. The zero-order valence-electron chi connectivity index (χ0n) is 9.65. The van der Waals surface area contributed by atoms with Gasteiger partial charge in [-0.25, -0.2) is 9.97 Å². The Hall–Kier alpha value is -2.27. The lowest BCUT2D eigenvalue weighted by atomic mass is 10.0. The first-order valence-electron chi connectivity index (χ1n) is 5.49. The second kappa shape index (κ2) is 5.37. The highest BCUT2D eigenvalue weighted by atomic mass is 16.4. The first-order valence-corrected chi connectivity index (χ1v) is 5.49. The highest BCUT2D eigenvalue weighted by molar-refractivity contribution is 5.73. The number of nitrogens with two attached hydrogens (primary N) is 1. The number of aliphatic carboxylic acids is 1. The quantitative estimate of drug-likeness (QED) is 0.839. The van der Waals surface area contributed by atoms with Crippen LogP contribution in [0.4, 0.5) is 0 Å². The Morgan fingerprint density at radius 3 is 2.33 bits per heavy atom. The molecule has 1 heterocycles. The summed E-state index contributed by atoms with van der Waals surface area (Å²) in [5.74, 6) is -0.990. The van der Waals surface area contributed by atoms with Gasteiger partial charge < -0.3 is 10.8 Å². The van der Waals surface area contributed by atoms with Gasteiger partial charge in [-0.05, 0) is 17.5 Å². The van der Waals surface area contributed by atoms with Gasteiger partial charge in [-0.1, -0.05) is 24.3 Å². The summed E-state index contributed by atoms with van der Waals surface area (Å²) in [6.07, 6.45) is 5.25. The zero-order valence-corrected chi connectivity index (χ0v) is 9.65. The fourth-order valence-electron chi connectivity index (χ4n) is 1.62. The van der Waals surface area contributed by atoms with E-state index < -0.39 is 12.0 Å². The smallest absolute Gasteiger partial charge is 0.320 e. The first kappa shape index (κ1) is 12.2. The Labute approximate surface area is 104 Å². The van der Waals surface area contributed by atoms with Gasteiger partial charge in [0.2, 0.25) is 0 Å². The van der Waals surface area contributed by atoms with Crippen LogP contribution in [0.5, 0.6) is 0 Å². The third-order valence-electron chi connectivity index (χ3n) is 2.62. The number of carboxylic acid groups (broad SMARTS) is 1. The van der Waals surface area contributed by atoms with Crippen molar-refractivity contribution in [3.05, 3.63) is 48.5 Å². The molecule has 0 fully saturated rings. The summed E-state index contributed by atoms with van der Waals surface area (Å²) >= 11 is 0. The Kier molecular flexibility index (Phi) is 3.64. The van der Waals surface area contributed by atoms with Gasteiger partial charge in [0, 0.05) is 18.0 Å². The lowest BCUT2D eigenvalue weighted by Crippen LogP contribution is -2.32. The maximum Gasteiger partial charge on any atom is 0.320 e. The molecule has 18 heavy (non-hydrogen) atoms. The Morgan fingerprint density at radius 2 is 1.78 bits per heavy atom. The van der Waals surface area contributed by atoms with Gasteiger partial charge in [0.25, 0.3) is 0 Å². The van der Waals surface area contributed by atoms with Crippen LogP contribution in [-0.2, 0) is 11.2 Å². The molecule has 1 aromatic heterocycles. The van der Waals surface area contributed by atoms with Gasteiger partial charge in [0.1, 0.15) is 12.4 Å². The monoisotopic (exact) mass is 243 g/mol. The van der Waals surface area contributed by atoms with Gasteiger partial charge >= 0.3 is 5.97 Å². The van der Waals surface area contributed by atoms with Gasteiger partial charge in [-0.3, -0.25) is 4.79 Å². The average Bonchev–Trinajstić information content (AvgIpc) is 2.40. The van der Waals surface area contributed by atoms with Crippen LogP contribution in [0.2, 0.25) is 0 Å². The third-order valence-corrected chi connectivity index (χ3v) is 2.62. The number of benzene rings is 1. The molecule has 2 aromatic rings. The minimum absolute atomic E-state index is 0.320. The van der Waals surface area contributed by atoms with Crippen LogP contribution in [0.1, 0.15) is 5.56 Å². The van der Waals surface area contributed by atoms with Crippen LogP contribution >= 0.6 is 0 Å². The summed E-state index contributed by atoms with van der Waals surface area (Å²) in [5, 5.41) is 8.73. The van der Waals surface area contributed by atoms with Crippen LogP contribution < -0.4 is 5.73 Å². The molecular formula is C13H13N3O2. The number of nitrogens with zero attached hydrogens (tertiary/aromatic N) is 2. The molecule has 2 rings (SSSR count). The van der Waals surface area contributed by atoms with E-state index in [1.807, 2.05) is 24.3 Å². The Morgan fingerprint density at radius 1 is 1.17 bits per heavy atom. The highest BCUT2D eigenvalue weighted by Gasteiger charge is 2.11. The molecule has 0 saturated carbocycles. The maximum absolute atomic E-state index is 10.7. The topological polar surface area (TPSA) is 89.1 Å². The fraction of sp³-hybridized carbons (Fsp3) is 0.154. The van der Waals surface area contributed by atoms with Gasteiger partial charge in [-0.15, -0.1) is 0 Å². The molecule has 0 aliphatic rings. The summed E-state index contributed by atoms with van der Waals surface area (Å²) in [4.78, 5) is 18.5. The number of aromatic nitrogens is 2. The predicted molar refractivity (Wildman–Crippen MR) is 66.8 cm³/mol. The lowest BCUT2D eigenvalue weighted by Gasteiger charge is -2.07. The van der Waals surface area contributed by atoms with E-state index in [9.17, 15) is 4.79 Å². The number of rotatable bonds is 4. The number of hydrogen-bond donors (Lipinski definition) is 2. The zero-order chi connectivity index (χ0) is 13.0. The minimum Gasteiger partial charge on any atom is -0.480 e. The van der Waals surface area contributed by atoms with Crippen molar-refractivity contribution in [2.45, 2.75) is 12.5 Å². The van der Waals surface area contributed by atoms with Crippen molar-refractivity contribution in [3.8, 4) is 11.1 Å². The summed E-state index contributed by atoms with van der Waals surface area (Å²) in [5.41, 5.74) is 8.28. The van der Waals surface area contributed by atoms with Gasteiger partial charge in [0.15, 0.2) is 0 Å². The van der Waals surface area contributed by atoms with E-state index in [0.717, 1.165) is 16.7 Å². The summed E-state index contributed by atoms with van der Waals surface area (Å²) in [6, 6.07) is 6.68. The molecule has 0 saturated heterocycles. The van der Waals surface area contributed by atoms with Crippen molar-refractivity contribution in [1.82, 2.24) is 9.97 Å². The van der Waals surface area contributed by atoms with E-state index in [4.69, 9.17) is 10.8 Å². The van der Waals surface area contributed by atoms with Gasteiger partial charge in [0.05, 0.1) is 0 Å². The van der Waals surface area contributed by atoms with E-state index in [-0.39, 0.29) is 0 Å². The molecule has 0 radical (unpaired) electrons. The molecule has 5 heteroatoms. The molecule has 1 unspecified atom stereocenters. The van der Waals surface area contributed by atoms with Crippen molar-refractivity contribution in [3.63, 3.8) is 0 Å². The largest absolute Gasteiger partial charge is 0.480 e. The van der Waals surface area contributed by atoms with Crippen molar-refractivity contribution < 1.29 is 9.90 Å². The fourth-order valence-corrected chi connectivity index (χ4v) is 1.62. The normalized spacial score (nSPS) is 12.1. The number of carbonyl (C=O) groups is 1. The molecule has 1 atom stereocenters. The lowest BCUT2D eigenvalue weighted by molar-refractivity contribution is -0.138. The molecule has 0 bridgehead atoms. The van der Waals surface area contributed by atoms with Crippen LogP contribution in [0.25, 0.3) is 11.1 Å². The van der Waals surface area contributed by atoms with E-state index in [2.05, 4.69) is 9.97 Å². The summed E-state index contributed by atoms with van der Waals surface area (Å²) in [7, 11) is 0. The van der Waals surface area contributed by atoms with Crippen LogP contribution in [0.3, 0.4) is 0 Å². The molecule has 0 amide bonds. The standard InChI is InChI=1S/C13H13N3O2/c14-12(13(17)18)5-9-1-3-10(4-2-9)11-6-15-8-16-7-11/h1-4,6-8,12H,5,14H2,(H,17,18). The molecule has 3 N–H and O–H groups in total. The summed E-state index contributed by atoms with van der Waals surface area (Å²) in [6.45, 7) is 0. The predicted octanol–water partition coefficient (Wildman–Crippen LogP) is 1.10. The molecular weight excluding hydrogens is 230 g/mol. The molecule has 1 aromatic carbocycles. The second-order valence-electron chi connectivity index (χ2n) is 3.97. The van der Waals surface area contributed by atoms with E-state index in [1.165, 1.54) is 6.33 Å². The van der Waals surface area contributed by atoms with Crippen LogP contribution in [0.15, 0.2) is 43.0 Å². The molecule has 0 spiro atoms. The van der Waals surface area contributed by atoms with E-state index in [1.54, 1.807) is 12.4 Å². The molecule has 0 aliphatic heterocycles. The molecule has 92 valence electrons. The summed E-state index contributed by atoms with van der Waals surface area (Å²) < 4.78 is 0.